The molecule has 1 aromatic heterocycles. The highest BCUT2D eigenvalue weighted by atomic mass is 35.5. The van der Waals surface area contributed by atoms with E-state index in [2.05, 4.69) is 23.8 Å². The van der Waals surface area contributed by atoms with Gasteiger partial charge in [0.2, 0.25) is 0 Å². The van der Waals surface area contributed by atoms with Gasteiger partial charge in [0.15, 0.2) is 0 Å². The van der Waals surface area contributed by atoms with E-state index in [0.29, 0.717) is 5.02 Å². The van der Waals surface area contributed by atoms with Crippen LogP contribution in [0.15, 0.2) is 35.7 Å². The summed E-state index contributed by atoms with van der Waals surface area (Å²) in [7, 11) is 0. The fraction of sp³-hybridized carbons (Fsp3) is 0.286. The molecule has 102 valence electrons. The molecule has 0 aliphatic heterocycles. The maximum Gasteiger partial charge on any atom is 0.121 e. The number of nitrogens with two attached hydrogens (primary N) is 1. The number of aryl methyl sites for hydroxylation is 1. The first kappa shape index (κ1) is 14.3. The number of thiophene rings is 1. The molecule has 1 heterocycles. The van der Waals surface area contributed by atoms with Crippen molar-refractivity contribution in [2.24, 2.45) is 5.84 Å². The number of hydrogen-bond donors (Lipinski definition) is 2. The molecule has 1 aromatic carbocycles. The molecule has 0 saturated carbocycles. The van der Waals surface area contributed by atoms with Gasteiger partial charge < -0.3 is 4.74 Å². The Morgan fingerprint density at radius 1 is 1.37 bits per heavy atom. The number of rotatable bonds is 5. The summed E-state index contributed by atoms with van der Waals surface area (Å²) in [6.45, 7) is 4.06. The molecular weight excluding hydrogens is 280 g/mol. The standard InChI is InChI=1S/C14H17ClN2OS/c1-9-6-11(8-19-9)14(17-16)10(2)18-13-5-3-4-12(15)7-13/h3-8,10,14,17H,16H2,1-2H3. The first-order chi connectivity index (χ1) is 9.10. The van der Waals surface area contributed by atoms with E-state index < -0.39 is 0 Å². The van der Waals surface area contributed by atoms with Crippen molar-refractivity contribution < 1.29 is 4.74 Å². The molecule has 0 aliphatic carbocycles. The van der Waals surface area contributed by atoms with Gasteiger partial charge in [0.05, 0.1) is 6.04 Å². The Morgan fingerprint density at radius 2 is 2.16 bits per heavy atom. The van der Waals surface area contributed by atoms with E-state index in [-0.39, 0.29) is 12.1 Å². The summed E-state index contributed by atoms with van der Waals surface area (Å²) in [5.41, 5.74) is 3.95. The maximum atomic E-state index is 5.94. The maximum absolute atomic E-state index is 5.94. The Bertz CT molecular complexity index is 544. The van der Waals surface area contributed by atoms with E-state index >= 15 is 0 Å². The van der Waals surface area contributed by atoms with Gasteiger partial charge in [-0.05, 0) is 49.1 Å². The molecule has 3 nitrogen and oxygen atoms in total. The van der Waals surface area contributed by atoms with E-state index in [0.717, 1.165) is 11.3 Å². The zero-order chi connectivity index (χ0) is 13.8. The molecule has 2 unspecified atom stereocenters. The summed E-state index contributed by atoms with van der Waals surface area (Å²) >= 11 is 7.65. The molecule has 0 aliphatic rings. The van der Waals surface area contributed by atoms with Crippen molar-refractivity contribution in [3.63, 3.8) is 0 Å². The predicted molar refractivity (Wildman–Crippen MR) is 80.7 cm³/mol. The van der Waals surface area contributed by atoms with Gasteiger partial charge in [0, 0.05) is 9.90 Å². The van der Waals surface area contributed by atoms with Crippen LogP contribution in [-0.4, -0.2) is 6.10 Å². The summed E-state index contributed by atoms with van der Waals surface area (Å²) < 4.78 is 5.89. The minimum atomic E-state index is -0.0996. The highest BCUT2D eigenvalue weighted by Crippen LogP contribution is 2.26. The number of hydrazine groups is 1. The van der Waals surface area contributed by atoms with Crippen molar-refractivity contribution in [3.05, 3.63) is 51.2 Å². The largest absolute Gasteiger partial charge is 0.489 e. The molecule has 2 aromatic rings. The molecule has 3 N–H and O–H groups in total. The van der Waals surface area contributed by atoms with Gasteiger partial charge in [-0.1, -0.05) is 17.7 Å². The van der Waals surface area contributed by atoms with Crippen LogP contribution in [0.4, 0.5) is 0 Å². The third-order valence-electron chi connectivity index (χ3n) is 2.88. The number of hydrogen-bond acceptors (Lipinski definition) is 4. The summed E-state index contributed by atoms with van der Waals surface area (Å²) in [5, 5.41) is 2.76. The van der Waals surface area contributed by atoms with E-state index in [1.54, 1.807) is 17.4 Å². The van der Waals surface area contributed by atoms with Gasteiger partial charge >= 0.3 is 0 Å². The van der Waals surface area contributed by atoms with Gasteiger partial charge in [-0.25, -0.2) is 5.43 Å². The van der Waals surface area contributed by atoms with Crippen molar-refractivity contribution in [2.75, 3.05) is 0 Å². The van der Waals surface area contributed by atoms with Crippen molar-refractivity contribution >= 4 is 22.9 Å². The lowest BCUT2D eigenvalue weighted by molar-refractivity contribution is 0.171. The van der Waals surface area contributed by atoms with Crippen molar-refractivity contribution in [3.8, 4) is 5.75 Å². The second-order valence-corrected chi connectivity index (χ2v) is 5.97. The van der Waals surface area contributed by atoms with Crippen LogP contribution in [0.3, 0.4) is 0 Å². The van der Waals surface area contributed by atoms with Gasteiger partial charge in [0.25, 0.3) is 0 Å². The van der Waals surface area contributed by atoms with Crippen LogP contribution < -0.4 is 16.0 Å². The van der Waals surface area contributed by atoms with E-state index in [1.807, 2.05) is 25.1 Å². The highest BCUT2D eigenvalue weighted by molar-refractivity contribution is 7.10. The van der Waals surface area contributed by atoms with Crippen LogP contribution >= 0.6 is 22.9 Å². The van der Waals surface area contributed by atoms with Crippen LogP contribution in [-0.2, 0) is 0 Å². The Morgan fingerprint density at radius 3 is 2.74 bits per heavy atom. The molecule has 2 atom stereocenters. The molecule has 5 heteroatoms. The molecule has 0 spiro atoms. The minimum Gasteiger partial charge on any atom is -0.489 e. The number of nitrogens with one attached hydrogen (secondary N) is 1. The van der Waals surface area contributed by atoms with Crippen LogP contribution in [0, 0.1) is 6.92 Å². The Labute approximate surface area is 122 Å². The van der Waals surface area contributed by atoms with Gasteiger partial charge in [0.1, 0.15) is 11.9 Å². The first-order valence-corrected chi connectivity index (χ1v) is 7.29. The summed E-state index contributed by atoms with van der Waals surface area (Å²) in [4.78, 5) is 1.25. The predicted octanol–water partition coefficient (Wildman–Crippen LogP) is 3.68. The fourth-order valence-corrected chi connectivity index (χ4v) is 2.87. The Hall–Kier alpha value is -1.07. The zero-order valence-electron chi connectivity index (χ0n) is 10.9. The molecule has 0 fully saturated rings. The van der Waals surface area contributed by atoms with Crippen LogP contribution in [0.2, 0.25) is 5.02 Å². The smallest absolute Gasteiger partial charge is 0.121 e. The van der Waals surface area contributed by atoms with E-state index in [9.17, 15) is 0 Å². The number of halogens is 1. The third kappa shape index (κ3) is 3.70. The van der Waals surface area contributed by atoms with Crippen LogP contribution in [0.5, 0.6) is 5.75 Å². The molecule has 0 bridgehead atoms. The second kappa shape index (κ2) is 6.39. The SMILES string of the molecule is Cc1cc(C(NN)C(C)Oc2cccc(Cl)c2)cs1. The van der Waals surface area contributed by atoms with Crippen LogP contribution in [0.1, 0.15) is 23.4 Å². The normalized spacial score (nSPS) is 14.1. The fourth-order valence-electron chi connectivity index (χ4n) is 1.95. The third-order valence-corrected chi connectivity index (χ3v) is 3.99. The monoisotopic (exact) mass is 296 g/mol. The molecule has 0 radical (unpaired) electrons. The summed E-state index contributed by atoms with van der Waals surface area (Å²) in [6, 6.07) is 9.43. The lowest BCUT2D eigenvalue weighted by Crippen LogP contribution is -2.37. The number of benzene rings is 1. The van der Waals surface area contributed by atoms with Crippen LogP contribution in [0.25, 0.3) is 0 Å². The quantitative estimate of drug-likeness (QED) is 0.653. The lowest BCUT2D eigenvalue weighted by atomic mass is 10.1. The first-order valence-electron chi connectivity index (χ1n) is 6.03. The molecule has 0 saturated heterocycles. The van der Waals surface area contributed by atoms with E-state index in [1.165, 1.54) is 4.88 Å². The summed E-state index contributed by atoms with van der Waals surface area (Å²) in [6.07, 6.45) is -0.0996. The summed E-state index contributed by atoms with van der Waals surface area (Å²) in [5.74, 6) is 6.39. The van der Waals surface area contributed by atoms with Crippen molar-refractivity contribution in [2.45, 2.75) is 26.0 Å². The zero-order valence-corrected chi connectivity index (χ0v) is 12.5. The van der Waals surface area contributed by atoms with Gasteiger partial charge in [-0.15, -0.1) is 11.3 Å². The van der Waals surface area contributed by atoms with E-state index in [4.69, 9.17) is 22.2 Å². The van der Waals surface area contributed by atoms with Gasteiger partial charge in [-0.2, -0.15) is 0 Å². The number of ether oxygens (including phenoxy) is 1. The van der Waals surface area contributed by atoms with Gasteiger partial charge in [-0.3, -0.25) is 5.84 Å². The second-order valence-electron chi connectivity index (χ2n) is 4.42. The molecule has 0 amide bonds. The minimum absolute atomic E-state index is 0.0519. The molecule has 19 heavy (non-hydrogen) atoms. The molecular formula is C14H17ClN2OS. The average molecular weight is 297 g/mol. The Kier molecular flexibility index (Phi) is 4.82. The Balaban J connectivity index is 2.11. The van der Waals surface area contributed by atoms with Crippen molar-refractivity contribution in [1.82, 2.24) is 5.43 Å². The lowest BCUT2D eigenvalue weighted by Gasteiger charge is -2.23. The van der Waals surface area contributed by atoms with Crippen molar-refractivity contribution in [1.29, 1.82) is 0 Å². The average Bonchev–Trinajstić information content (AvgIpc) is 2.76. The topological polar surface area (TPSA) is 47.3 Å². The molecule has 2 rings (SSSR count). The highest BCUT2D eigenvalue weighted by Gasteiger charge is 2.20.